The third-order valence-electron chi connectivity index (χ3n) is 5.74. The average Bonchev–Trinajstić information content (AvgIpc) is 3.37. The van der Waals surface area contributed by atoms with Crippen molar-refractivity contribution in [1.29, 1.82) is 0 Å². The fraction of sp³-hybridized carbons (Fsp3) is 0.913. The van der Waals surface area contributed by atoms with Crippen LogP contribution in [0.2, 0.25) is 0 Å². The van der Waals surface area contributed by atoms with Crippen molar-refractivity contribution in [3.8, 4) is 0 Å². The molecule has 3 atom stereocenters. The Morgan fingerprint density at radius 1 is 0.800 bits per heavy atom. The van der Waals surface area contributed by atoms with E-state index in [1.54, 1.807) is 0 Å². The summed E-state index contributed by atoms with van der Waals surface area (Å²) in [5.74, 6) is 2.11. The lowest BCUT2D eigenvalue weighted by atomic mass is 10.0. The molecule has 0 radical (unpaired) electrons. The summed E-state index contributed by atoms with van der Waals surface area (Å²) in [7, 11) is 0. The molecule has 0 spiro atoms. The average molecular weight is 353 g/mol. The normalized spacial score (nSPS) is 21.1. The largest absolute Gasteiger partial charge is 0.394 e. The van der Waals surface area contributed by atoms with Gasteiger partial charge in [-0.1, -0.05) is 89.7 Å². The highest BCUT2D eigenvalue weighted by Gasteiger charge is 2.34. The minimum atomic E-state index is -0.544. The first-order valence-electron chi connectivity index (χ1n) is 11.2. The van der Waals surface area contributed by atoms with Crippen LogP contribution in [0.15, 0.2) is 12.2 Å². The van der Waals surface area contributed by atoms with Crippen molar-refractivity contribution in [3.63, 3.8) is 0 Å². The van der Waals surface area contributed by atoms with Gasteiger partial charge in [-0.2, -0.15) is 0 Å². The molecule has 1 aliphatic carbocycles. The van der Waals surface area contributed by atoms with Crippen LogP contribution < -0.4 is 0 Å². The summed E-state index contributed by atoms with van der Waals surface area (Å²) in [6.07, 6.45) is 25.2. The minimum Gasteiger partial charge on any atom is -0.394 e. The standard InChI is InChI=1S/C23H44O2/c1-2-3-4-5-6-7-10-13-16-21-19-22(21)17-14-11-8-9-12-15-18-23(25)20-24/h9,12,21-25H,2-8,10-11,13-20H2,1H3/b12-9-/t21-,22+,23-/m1/s1. The van der Waals surface area contributed by atoms with E-state index in [4.69, 9.17) is 5.11 Å². The summed E-state index contributed by atoms with van der Waals surface area (Å²) >= 11 is 0. The van der Waals surface area contributed by atoms with E-state index in [2.05, 4.69) is 19.1 Å². The molecule has 1 aliphatic rings. The molecule has 0 aromatic heterocycles. The number of aliphatic hydroxyl groups excluding tert-OH is 2. The maximum atomic E-state index is 9.24. The molecule has 1 saturated carbocycles. The van der Waals surface area contributed by atoms with Gasteiger partial charge in [-0.3, -0.25) is 0 Å². The highest BCUT2D eigenvalue weighted by molar-refractivity contribution is 4.86. The summed E-state index contributed by atoms with van der Waals surface area (Å²) in [5.41, 5.74) is 0. The second kappa shape index (κ2) is 15.9. The topological polar surface area (TPSA) is 40.5 Å². The van der Waals surface area contributed by atoms with Crippen molar-refractivity contribution < 1.29 is 10.2 Å². The van der Waals surface area contributed by atoms with E-state index in [-0.39, 0.29) is 6.61 Å². The molecule has 25 heavy (non-hydrogen) atoms. The third kappa shape index (κ3) is 13.5. The molecule has 1 fully saturated rings. The zero-order chi connectivity index (χ0) is 18.2. The van der Waals surface area contributed by atoms with Crippen molar-refractivity contribution >= 4 is 0 Å². The van der Waals surface area contributed by atoms with Gasteiger partial charge in [0.25, 0.3) is 0 Å². The molecule has 2 heteroatoms. The smallest absolute Gasteiger partial charge is 0.0773 e. The molecular weight excluding hydrogens is 308 g/mol. The van der Waals surface area contributed by atoms with Crippen molar-refractivity contribution in [3.05, 3.63) is 12.2 Å². The van der Waals surface area contributed by atoms with Crippen LogP contribution in [0.25, 0.3) is 0 Å². The van der Waals surface area contributed by atoms with Crippen LogP contribution in [0.3, 0.4) is 0 Å². The highest BCUT2D eigenvalue weighted by atomic mass is 16.3. The maximum absolute atomic E-state index is 9.24. The molecule has 0 amide bonds. The Hall–Kier alpha value is -0.340. The van der Waals surface area contributed by atoms with Crippen LogP contribution >= 0.6 is 0 Å². The molecule has 0 heterocycles. The van der Waals surface area contributed by atoms with Gasteiger partial charge in [0.2, 0.25) is 0 Å². The lowest BCUT2D eigenvalue weighted by molar-refractivity contribution is 0.0891. The molecule has 148 valence electrons. The molecular formula is C23H44O2. The van der Waals surface area contributed by atoms with E-state index in [1.807, 2.05) is 0 Å². The molecule has 0 saturated heterocycles. The quantitative estimate of drug-likeness (QED) is 0.221. The first kappa shape index (κ1) is 22.7. The molecule has 0 aromatic rings. The zero-order valence-corrected chi connectivity index (χ0v) is 16.8. The Morgan fingerprint density at radius 3 is 2.00 bits per heavy atom. The Kier molecular flexibility index (Phi) is 14.4. The summed E-state index contributed by atoms with van der Waals surface area (Å²) in [5, 5.41) is 18.0. The Morgan fingerprint density at radius 2 is 1.36 bits per heavy atom. The predicted molar refractivity (Wildman–Crippen MR) is 109 cm³/mol. The van der Waals surface area contributed by atoms with Crippen LogP contribution in [-0.2, 0) is 0 Å². The monoisotopic (exact) mass is 352 g/mol. The van der Waals surface area contributed by atoms with E-state index in [0.29, 0.717) is 6.42 Å². The van der Waals surface area contributed by atoms with Gasteiger partial charge in [-0.05, 0) is 43.9 Å². The van der Waals surface area contributed by atoms with Gasteiger partial charge >= 0.3 is 0 Å². The van der Waals surface area contributed by atoms with Crippen molar-refractivity contribution in [2.45, 2.75) is 116 Å². The van der Waals surface area contributed by atoms with Gasteiger partial charge < -0.3 is 10.2 Å². The van der Waals surface area contributed by atoms with Crippen molar-refractivity contribution in [1.82, 2.24) is 0 Å². The lowest BCUT2D eigenvalue weighted by Gasteiger charge is -2.03. The van der Waals surface area contributed by atoms with Gasteiger partial charge in [0.1, 0.15) is 0 Å². The summed E-state index contributed by atoms with van der Waals surface area (Å²) in [6, 6.07) is 0. The second-order valence-corrected chi connectivity index (χ2v) is 8.19. The highest BCUT2D eigenvalue weighted by Crippen LogP contribution is 2.45. The van der Waals surface area contributed by atoms with E-state index < -0.39 is 6.10 Å². The fourth-order valence-corrected chi connectivity index (χ4v) is 3.84. The van der Waals surface area contributed by atoms with Gasteiger partial charge in [0.05, 0.1) is 12.7 Å². The zero-order valence-electron chi connectivity index (χ0n) is 16.8. The van der Waals surface area contributed by atoms with Crippen LogP contribution in [0, 0.1) is 11.8 Å². The van der Waals surface area contributed by atoms with Gasteiger partial charge in [0, 0.05) is 0 Å². The van der Waals surface area contributed by atoms with Crippen molar-refractivity contribution in [2.75, 3.05) is 6.61 Å². The second-order valence-electron chi connectivity index (χ2n) is 8.19. The number of hydrogen-bond donors (Lipinski definition) is 2. The Bertz CT molecular complexity index is 313. The molecule has 1 rings (SSSR count). The molecule has 0 aromatic carbocycles. The Labute approximate surface area is 157 Å². The van der Waals surface area contributed by atoms with Gasteiger partial charge in [-0.15, -0.1) is 0 Å². The first-order valence-corrected chi connectivity index (χ1v) is 11.2. The minimum absolute atomic E-state index is 0.116. The molecule has 0 bridgehead atoms. The predicted octanol–water partition coefficient (Wildman–Crippen LogP) is 6.40. The molecule has 2 nitrogen and oxygen atoms in total. The summed E-state index contributed by atoms with van der Waals surface area (Å²) in [6.45, 7) is 2.17. The molecule has 2 N–H and O–H groups in total. The SMILES string of the molecule is CCCCCCCCCC[C@@H]1C[C@@H]1CCCC/C=C\CC[C@@H](O)CO. The number of unbranched alkanes of at least 4 members (excludes halogenated alkanes) is 9. The first-order chi connectivity index (χ1) is 12.3. The molecule has 0 aliphatic heterocycles. The van der Waals surface area contributed by atoms with Gasteiger partial charge in [-0.25, -0.2) is 0 Å². The van der Waals surface area contributed by atoms with Crippen LogP contribution in [0.1, 0.15) is 110 Å². The van der Waals surface area contributed by atoms with Gasteiger partial charge in [0.15, 0.2) is 0 Å². The number of aliphatic hydroxyl groups is 2. The van der Waals surface area contributed by atoms with E-state index in [9.17, 15) is 5.11 Å². The summed E-state index contributed by atoms with van der Waals surface area (Å²) < 4.78 is 0. The van der Waals surface area contributed by atoms with Crippen molar-refractivity contribution in [2.24, 2.45) is 11.8 Å². The third-order valence-corrected chi connectivity index (χ3v) is 5.74. The van der Waals surface area contributed by atoms with E-state index in [0.717, 1.165) is 18.3 Å². The van der Waals surface area contributed by atoms with Crippen LogP contribution in [0.4, 0.5) is 0 Å². The summed E-state index contributed by atoms with van der Waals surface area (Å²) in [4.78, 5) is 0. The number of allylic oxidation sites excluding steroid dienone is 2. The maximum Gasteiger partial charge on any atom is 0.0773 e. The molecule has 0 unspecified atom stereocenters. The van der Waals surface area contributed by atoms with Crippen LogP contribution in [-0.4, -0.2) is 22.9 Å². The van der Waals surface area contributed by atoms with Crippen LogP contribution in [0.5, 0.6) is 0 Å². The van der Waals surface area contributed by atoms with E-state index in [1.165, 1.54) is 89.9 Å². The number of hydrogen-bond acceptors (Lipinski definition) is 2. The number of rotatable bonds is 18. The lowest BCUT2D eigenvalue weighted by Crippen LogP contribution is -2.10. The Balaban J connectivity index is 1.79. The fourth-order valence-electron chi connectivity index (χ4n) is 3.84. The van der Waals surface area contributed by atoms with E-state index >= 15 is 0 Å².